The maximum Gasteiger partial charge on any atom is 0.270 e. The van der Waals surface area contributed by atoms with E-state index in [0.29, 0.717) is 40.5 Å². The lowest BCUT2D eigenvalue weighted by Crippen LogP contribution is -2.53. The Labute approximate surface area is 172 Å². The number of hydrogen-bond donors (Lipinski definition) is 3. The molecule has 0 radical (unpaired) electrons. The predicted molar refractivity (Wildman–Crippen MR) is 111 cm³/mol. The lowest BCUT2D eigenvalue weighted by molar-refractivity contribution is -0.384. The van der Waals surface area contributed by atoms with Crippen LogP contribution < -0.4 is 5.32 Å². The van der Waals surface area contributed by atoms with Gasteiger partial charge >= 0.3 is 0 Å². The molecule has 0 amide bonds. The average Bonchev–Trinajstić information content (AvgIpc) is 2.70. The smallest absolute Gasteiger partial charge is 0.270 e. The predicted octanol–water partition coefficient (Wildman–Crippen LogP) is 1.46. The molecule has 30 heavy (non-hydrogen) atoms. The van der Waals surface area contributed by atoms with Gasteiger partial charge in [0.2, 0.25) is 10.0 Å². The van der Waals surface area contributed by atoms with Gasteiger partial charge in [0.25, 0.3) is 5.69 Å². The largest absolute Gasteiger partial charge is 0.396 e. The first kappa shape index (κ1) is 20.4. The second-order valence-electron chi connectivity index (χ2n) is 7.10. The van der Waals surface area contributed by atoms with Crippen molar-refractivity contribution in [1.82, 2.24) is 9.29 Å². The van der Waals surface area contributed by atoms with E-state index in [2.05, 4.69) is 10.3 Å². The van der Waals surface area contributed by atoms with Gasteiger partial charge in [-0.1, -0.05) is 0 Å². The molecule has 1 aromatic heterocycles. The summed E-state index contributed by atoms with van der Waals surface area (Å²) in [5.41, 5.74) is 1.48. The van der Waals surface area contributed by atoms with Crippen LogP contribution >= 0.6 is 0 Å². The molecule has 1 saturated heterocycles. The minimum atomic E-state index is -3.77. The average molecular weight is 432 g/mol. The van der Waals surface area contributed by atoms with Crippen molar-refractivity contribution in [3.63, 3.8) is 0 Å². The van der Waals surface area contributed by atoms with E-state index in [1.54, 1.807) is 12.1 Å². The number of aromatic nitrogens is 1. The Morgan fingerprint density at radius 1 is 1.17 bits per heavy atom. The summed E-state index contributed by atoms with van der Waals surface area (Å²) in [4.78, 5) is 15.3. The van der Waals surface area contributed by atoms with Crippen molar-refractivity contribution in [1.29, 1.82) is 0 Å². The summed E-state index contributed by atoms with van der Waals surface area (Å²) < 4.78 is 26.9. The molecular formula is C19H20N4O6S. The fraction of sp³-hybridized carbons (Fsp3) is 0.316. The first-order chi connectivity index (χ1) is 14.3. The van der Waals surface area contributed by atoms with Crippen LogP contribution in [0.15, 0.2) is 41.3 Å². The Morgan fingerprint density at radius 3 is 2.47 bits per heavy atom. The summed E-state index contributed by atoms with van der Waals surface area (Å²) >= 11 is 0. The summed E-state index contributed by atoms with van der Waals surface area (Å²) in [5.74, 6) is 0. The molecule has 1 fully saturated rings. The van der Waals surface area contributed by atoms with Crippen LogP contribution in [0, 0.1) is 10.1 Å². The van der Waals surface area contributed by atoms with E-state index in [1.165, 1.54) is 28.6 Å². The number of pyridine rings is 1. The molecule has 0 atom stereocenters. The molecule has 4 rings (SSSR count). The van der Waals surface area contributed by atoms with Gasteiger partial charge in [0.15, 0.2) is 0 Å². The van der Waals surface area contributed by atoms with Gasteiger partial charge in [0, 0.05) is 49.1 Å². The Bertz CT molecular complexity index is 1240. The normalized spacial score (nSPS) is 15.4. The highest BCUT2D eigenvalue weighted by Gasteiger charge is 2.35. The maximum absolute atomic E-state index is 12.8. The zero-order valence-corrected chi connectivity index (χ0v) is 16.7. The number of non-ortho nitro benzene ring substituents is 1. The molecule has 0 bridgehead atoms. The van der Waals surface area contributed by atoms with Crippen LogP contribution in [0.1, 0.15) is 6.42 Å². The second-order valence-corrected chi connectivity index (χ2v) is 9.04. The molecule has 11 heteroatoms. The topological polar surface area (TPSA) is 146 Å². The van der Waals surface area contributed by atoms with E-state index >= 15 is 0 Å². The molecule has 0 unspecified atom stereocenters. The van der Waals surface area contributed by atoms with Gasteiger partial charge in [-0.25, -0.2) is 13.4 Å². The third-order valence-corrected chi connectivity index (χ3v) is 6.87. The minimum Gasteiger partial charge on any atom is -0.396 e. The number of nitro groups is 1. The highest BCUT2D eigenvalue weighted by Crippen LogP contribution is 2.35. The van der Waals surface area contributed by atoms with Crippen LogP contribution in [0.4, 0.5) is 11.4 Å². The van der Waals surface area contributed by atoms with Crippen molar-refractivity contribution in [2.24, 2.45) is 0 Å². The fourth-order valence-electron chi connectivity index (χ4n) is 3.43. The lowest BCUT2D eigenvalue weighted by Gasteiger charge is -2.34. The van der Waals surface area contributed by atoms with Crippen LogP contribution in [0.2, 0.25) is 0 Å². The summed E-state index contributed by atoms with van der Waals surface area (Å²) in [6, 6.07) is 8.86. The first-order valence-corrected chi connectivity index (χ1v) is 10.8. The van der Waals surface area contributed by atoms with E-state index in [-0.39, 0.29) is 30.3 Å². The van der Waals surface area contributed by atoms with Crippen molar-refractivity contribution in [2.45, 2.75) is 17.4 Å². The van der Waals surface area contributed by atoms with Gasteiger partial charge in [-0.2, -0.15) is 4.31 Å². The highest BCUT2D eigenvalue weighted by molar-refractivity contribution is 7.89. The molecule has 2 heterocycles. The Hall–Kier alpha value is -2.86. The van der Waals surface area contributed by atoms with Gasteiger partial charge in [0.05, 0.1) is 32.6 Å². The number of hydrogen-bond acceptors (Lipinski definition) is 8. The number of fused-ring (bicyclic) bond motifs is 2. The third-order valence-electron chi connectivity index (χ3n) is 5.04. The van der Waals surface area contributed by atoms with Crippen molar-refractivity contribution >= 4 is 43.2 Å². The summed E-state index contributed by atoms with van der Waals surface area (Å²) in [5, 5.41) is 34.0. The molecule has 0 saturated carbocycles. The van der Waals surface area contributed by atoms with Crippen molar-refractivity contribution < 1.29 is 23.6 Å². The number of aliphatic hydroxyl groups is 2. The molecule has 3 N–H and O–H groups in total. The van der Waals surface area contributed by atoms with Gasteiger partial charge in [-0.05, 0) is 30.7 Å². The van der Waals surface area contributed by atoms with Gasteiger partial charge in [-0.15, -0.1) is 0 Å². The van der Waals surface area contributed by atoms with E-state index in [0.717, 1.165) is 0 Å². The van der Waals surface area contributed by atoms with Crippen LogP contribution in [0.25, 0.3) is 21.8 Å². The number of anilines is 1. The molecule has 3 aromatic rings. The van der Waals surface area contributed by atoms with Crippen molar-refractivity contribution in [3.8, 4) is 0 Å². The zero-order valence-electron chi connectivity index (χ0n) is 15.9. The van der Waals surface area contributed by atoms with Crippen LogP contribution in [0.3, 0.4) is 0 Å². The molecule has 1 aliphatic heterocycles. The Balaban J connectivity index is 1.91. The number of nitro benzene ring substituents is 1. The zero-order chi connectivity index (χ0) is 21.5. The van der Waals surface area contributed by atoms with Crippen molar-refractivity contribution in [2.75, 3.05) is 31.6 Å². The molecule has 1 aliphatic rings. The molecule has 2 aromatic carbocycles. The minimum absolute atomic E-state index is 0.0367. The lowest BCUT2D eigenvalue weighted by atomic mass is 10.1. The van der Waals surface area contributed by atoms with Gasteiger partial charge in [-0.3, -0.25) is 10.1 Å². The number of rotatable bonds is 7. The SMILES string of the molecule is O=[N+]([O-])c1ccc2nc3ccc(S(=O)(=O)N4CC(O)C4)cc3c(NCCCO)c2c1. The first-order valence-electron chi connectivity index (χ1n) is 9.36. The van der Waals surface area contributed by atoms with Crippen LogP contribution in [-0.4, -0.2) is 65.2 Å². The van der Waals surface area contributed by atoms with E-state index < -0.39 is 21.1 Å². The molecular weight excluding hydrogens is 412 g/mol. The highest BCUT2D eigenvalue weighted by atomic mass is 32.2. The fourth-order valence-corrected chi connectivity index (χ4v) is 4.97. The quantitative estimate of drug-likeness (QED) is 0.220. The number of nitrogens with one attached hydrogen (secondary N) is 1. The monoisotopic (exact) mass is 432 g/mol. The number of aliphatic hydroxyl groups excluding tert-OH is 2. The number of β-amino-alcohol motifs (C(OH)–C–C–N with tert-alkyl or cyclic N) is 1. The van der Waals surface area contributed by atoms with Gasteiger partial charge < -0.3 is 15.5 Å². The molecule has 0 spiro atoms. The summed E-state index contributed by atoms with van der Waals surface area (Å²) in [6.45, 7) is 0.446. The Kier molecular flexibility index (Phi) is 5.28. The Morgan fingerprint density at radius 2 is 1.83 bits per heavy atom. The van der Waals surface area contributed by atoms with E-state index in [4.69, 9.17) is 5.11 Å². The molecule has 0 aliphatic carbocycles. The summed E-state index contributed by atoms with van der Waals surface area (Å²) in [7, 11) is -3.77. The number of benzene rings is 2. The van der Waals surface area contributed by atoms with Crippen LogP contribution in [-0.2, 0) is 10.0 Å². The van der Waals surface area contributed by atoms with E-state index in [9.17, 15) is 23.6 Å². The second kappa shape index (κ2) is 7.76. The molecule has 10 nitrogen and oxygen atoms in total. The van der Waals surface area contributed by atoms with Crippen LogP contribution in [0.5, 0.6) is 0 Å². The van der Waals surface area contributed by atoms with Crippen molar-refractivity contribution in [3.05, 3.63) is 46.5 Å². The van der Waals surface area contributed by atoms with E-state index in [1.807, 2.05) is 0 Å². The summed E-state index contributed by atoms with van der Waals surface area (Å²) in [6.07, 6.45) is -0.216. The molecule has 158 valence electrons. The van der Waals surface area contributed by atoms with Gasteiger partial charge in [0.1, 0.15) is 0 Å². The standard InChI is InChI=1S/C19H20N4O6S/c24-7-1-6-20-19-15-8-12(23(26)27)2-4-17(15)21-18-5-3-14(9-16(18)19)30(28,29)22-10-13(25)11-22/h2-5,8-9,13,24-25H,1,6-7,10-11H2,(H,20,21). The third kappa shape index (κ3) is 3.56. The number of nitrogens with zero attached hydrogens (tertiary/aromatic N) is 3. The number of sulfonamides is 1. The maximum atomic E-state index is 12.8.